The lowest BCUT2D eigenvalue weighted by Gasteiger charge is -2.13. The molecule has 0 saturated carbocycles. The number of amides is 2. The summed E-state index contributed by atoms with van der Waals surface area (Å²) >= 11 is 2.38. The maximum atomic E-state index is 12.7. The summed E-state index contributed by atoms with van der Waals surface area (Å²) in [5.41, 5.74) is 0.971. The highest BCUT2D eigenvalue weighted by Gasteiger charge is 2.18. The first kappa shape index (κ1) is 25.1. The summed E-state index contributed by atoms with van der Waals surface area (Å²) in [6.07, 6.45) is 0. The highest BCUT2D eigenvalue weighted by atomic mass is 32.2. The number of hydrogen-bond donors (Lipinski definition) is 2. The Kier molecular flexibility index (Phi) is 8.93. The van der Waals surface area contributed by atoms with Gasteiger partial charge in [0.1, 0.15) is 5.75 Å². The van der Waals surface area contributed by atoms with E-state index < -0.39 is 5.91 Å². The third-order valence-electron chi connectivity index (χ3n) is 4.33. The van der Waals surface area contributed by atoms with Gasteiger partial charge in [-0.1, -0.05) is 23.1 Å². The van der Waals surface area contributed by atoms with Crippen molar-refractivity contribution in [2.75, 3.05) is 44.3 Å². The molecule has 0 aliphatic rings. The van der Waals surface area contributed by atoms with E-state index in [1.165, 1.54) is 33.1 Å². The normalized spacial score (nSPS) is 10.4. The van der Waals surface area contributed by atoms with E-state index in [0.717, 1.165) is 17.1 Å². The number of benzene rings is 2. The van der Waals surface area contributed by atoms with Crippen LogP contribution in [0.25, 0.3) is 0 Å². The molecule has 10 nitrogen and oxygen atoms in total. The maximum Gasteiger partial charge on any atom is 0.257 e. The summed E-state index contributed by atoms with van der Waals surface area (Å²) in [5.74, 6) is 1.39. The average Bonchev–Trinajstić information content (AvgIpc) is 3.30. The summed E-state index contributed by atoms with van der Waals surface area (Å²) in [7, 11) is 4.43. The van der Waals surface area contributed by atoms with E-state index in [0.29, 0.717) is 44.6 Å². The zero-order valence-electron chi connectivity index (χ0n) is 19.0. The van der Waals surface area contributed by atoms with Crippen LogP contribution in [0.3, 0.4) is 0 Å². The van der Waals surface area contributed by atoms with Gasteiger partial charge in [-0.05, 0) is 43.3 Å². The van der Waals surface area contributed by atoms with Crippen molar-refractivity contribution in [1.29, 1.82) is 0 Å². The zero-order valence-corrected chi connectivity index (χ0v) is 20.7. The lowest BCUT2D eigenvalue weighted by molar-refractivity contribution is -0.113. The summed E-state index contributed by atoms with van der Waals surface area (Å²) in [6, 6.07) is 10.2. The number of carbonyl (C=O) groups is 2. The van der Waals surface area contributed by atoms with Gasteiger partial charge in [-0.2, -0.15) is 0 Å². The van der Waals surface area contributed by atoms with Gasteiger partial charge in [0.2, 0.25) is 16.8 Å². The Morgan fingerprint density at radius 1 is 0.971 bits per heavy atom. The van der Waals surface area contributed by atoms with Crippen molar-refractivity contribution in [3.8, 4) is 23.0 Å². The highest BCUT2D eigenvalue weighted by molar-refractivity contribution is 8.01. The Morgan fingerprint density at radius 3 is 2.24 bits per heavy atom. The van der Waals surface area contributed by atoms with Crippen LogP contribution in [0.4, 0.5) is 10.8 Å². The Balaban J connectivity index is 1.56. The molecule has 0 aliphatic carbocycles. The molecule has 0 saturated heterocycles. The van der Waals surface area contributed by atoms with Crippen LogP contribution in [0, 0.1) is 0 Å². The fourth-order valence-corrected chi connectivity index (χ4v) is 4.37. The van der Waals surface area contributed by atoms with E-state index in [4.69, 9.17) is 18.9 Å². The van der Waals surface area contributed by atoms with E-state index in [1.807, 2.05) is 6.92 Å². The molecule has 0 spiro atoms. The van der Waals surface area contributed by atoms with Crippen LogP contribution >= 0.6 is 23.1 Å². The molecule has 2 aromatic carbocycles. The van der Waals surface area contributed by atoms with Crippen LogP contribution in [0.15, 0.2) is 40.7 Å². The number of nitrogens with one attached hydrogen (secondary N) is 2. The molecule has 3 rings (SSSR count). The molecule has 0 radical (unpaired) electrons. The molecule has 0 aliphatic heterocycles. The molecule has 0 atom stereocenters. The van der Waals surface area contributed by atoms with Crippen LogP contribution < -0.4 is 29.6 Å². The summed E-state index contributed by atoms with van der Waals surface area (Å²) in [4.78, 5) is 24.9. The second kappa shape index (κ2) is 12.1. The topological polar surface area (TPSA) is 121 Å². The zero-order chi connectivity index (χ0) is 24.5. The number of methoxy groups -OCH3 is 3. The van der Waals surface area contributed by atoms with Crippen LogP contribution in [-0.2, 0) is 4.79 Å². The Bertz CT molecular complexity index is 1110. The average molecular weight is 505 g/mol. The molecular weight excluding hydrogens is 480 g/mol. The van der Waals surface area contributed by atoms with Crippen molar-refractivity contribution in [1.82, 2.24) is 10.2 Å². The summed E-state index contributed by atoms with van der Waals surface area (Å²) < 4.78 is 21.8. The molecule has 3 aromatic rings. The number of aromatic nitrogens is 2. The van der Waals surface area contributed by atoms with Gasteiger partial charge in [-0.15, -0.1) is 10.2 Å². The number of ether oxygens (including phenoxy) is 4. The lowest BCUT2D eigenvalue weighted by atomic mass is 10.1. The number of hydrogen-bond acceptors (Lipinski definition) is 10. The molecule has 1 heterocycles. The fourth-order valence-electron chi connectivity index (χ4n) is 2.83. The summed E-state index contributed by atoms with van der Waals surface area (Å²) in [5, 5.41) is 13.8. The first-order valence-corrected chi connectivity index (χ1v) is 11.9. The maximum absolute atomic E-state index is 12.7. The van der Waals surface area contributed by atoms with E-state index in [1.54, 1.807) is 36.4 Å². The first-order chi connectivity index (χ1) is 16.5. The second-order valence-corrected chi connectivity index (χ2v) is 8.74. The van der Waals surface area contributed by atoms with Crippen LogP contribution in [0.2, 0.25) is 0 Å². The molecule has 12 heteroatoms. The molecule has 2 amide bonds. The van der Waals surface area contributed by atoms with Gasteiger partial charge < -0.3 is 24.3 Å². The standard InChI is InChI=1S/C22H24N4O6S2/c1-5-32-15-8-6-14(7-9-15)23-18(27)12-33-22-26-25-21(34-22)24-20(28)13-10-16(29-2)19(31-4)17(11-13)30-3/h6-11H,5,12H2,1-4H3,(H,23,27)(H,24,25,28). The van der Waals surface area contributed by atoms with Crippen molar-refractivity contribution in [3.05, 3.63) is 42.0 Å². The lowest BCUT2D eigenvalue weighted by Crippen LogP contribution is -2.13. The van der Waals surface area contributed by atoms with E-state index in [2.05, 4.69) is 20.8 Å². The number of nitrogens with zero attached hydrogens (tertiary/aromatic N) is 2. The molecule has 0 fully saturated rings. The molecule has 2 N–H and O–H groups in total. The minimum atomic E-state index is -0.416. The van der Waals surface area contributed by atoms with Gasteiger partial charge in [-0.3, -0.25) is 14.9 Å². The predicted molar refractivity (Wildman–Crippen MR) is 131 cm³/mol. The van der Waals surface area contributed by atoms with Gasteiger partial charge >= 0.3 is 0 Å². The number of thioether (sulfide) groups is 1. The van der Waals surface area contributed by atoms with E-state index in [-0.39, 0.29) is 11.7 Å². The first-order valence-electron chi connectivity index (χ1n) is 10.1. The largest absolute Gasteiger partial charge is 0.494 e. The molecule has 34 heavy (non-hydrogen) atoms. The van der Waals surface area contributed by atoms with Crippen LogP contribution in [-0.4, -0.2) is 55.7 Å². The minimum absolute atomic E-state index is 0.142. The number of rotatable bonds is 11. The highest BCUT2D eigenvalue weighted by Crippen LogP contribution is 2.38. The van der Waals surface area contributed by atoms with Gasteiger partial charge in [0.05, 0.1) is 33.7 Å². The molecular formula is C22H24N4O6S2. The van der Waals surface area contributed by atoms with Gasteiger partial charge in [0, 0.05) is 11.3 Å². The third kappa shape index (κ3) is 6.51. The van der Waals surface area contributed by atoms with Gasteiger partial charge in [0.15, 0.2) is 15.8 Å². The van der Waals surface area contributed by atoms with Gasteiger partial charge in [0.25, 0.3) is 5.91 Å². The molecule has 1 aromatic heterocycles. The van der Waals surface area contributed by atoms with Crippen molar-refractivity contribution >= 4 is 45.7 Å². The Labute approximate surface area is 205 Å². The van der Waals surface area contributed by atoms with Crippen molar-refractivity contribution in [2.45, 2.75) is 11.3 Å². The van der Waals surface area contributed by atoms with Crippen LogP contribution in [0.5, 0.6) is 23.0 Å². The van der Waals surface area contributed by atoms with Crippen LogP contribution in [0.1, 0.15) is 17.3 Å². The summed E-state index contributed by atoms with van der Waals surface area (Å²) in [6.45, 7) is 2.49. The van der Waals surface area contributed by atoms with Crippen molar-refractivity contribution in [3.63, 3.8) is 0 Å². The van der Waals surface area contributed by atoms with E-state index in [9.17, 15) is 9.59 Å². The molecule has 0 bridgehead atoms. The Morgan fingerprint density at radius 2 is 1.65 bits per heavy atom. The quantitative estimate of drug-likeness (QED) is 0.295. The van der Waals surface area contributed by atoms with E-state index >= 15 is 0 Å². The van der Waals surface area contributed by atoms with Crippen molar-refractivity contribution in [2.24, 2.45) is 0 Å². The Hall–Kier alpha value is -3.51. The van der Waals surface area contributed by atoms with Crippen molar-refractivity contribution < 1.29 is 28.5 Å². The predicted octanol–water partition coefficient (Wildman–Crippen LogP) is 3.95. The molecule has 0 unspecified atom stereocenters. The van der Waals surface area contributed by atoms with Gasteiger partial charge in [-0.25, -0.2) is 0 Å². The molecule has 180 valence electrons. The second-order valence-electron chi connectivity index (χ2n) is 6.54. The fraction of sp³-hybridized carbons (Fsp3) is 0.273. The smallest absolute Gasteiger partial charge is 0.257 e. The number of carbonyl (C=O) groups excluding carboxylic acids is 2. The monoisotopic (exact) mass is 504 g/mol. The SMILES string of the molecule is CCOc1ccc(NC(=O)CSc2nnc(NC(=O)c3cc(OC)c(OC)c(OC)c3)s2)cc1. The third-order valence-corrected chi connectivity index (χ3v) is 6.30. The minimum Gasteiger partial charge on any atom is -0.494 e. The number of anilines is 2.